The number of likely N-dealkylation sites (tertiary alicyclic amines) is 1. The summed E-state index contributed by atoms with van der Waals surface area (Å²) >= 11 is 0. The van der Waals surface area contributed by atoms with E-state index in [9.17, 15) is 10.2 Å². The smallest absolute Gasteiger partial charge is 0.0587 e. The van der Waals surface area contributed by atoms with Crippen molar-refractivity contribution in [2.75, 3.05) is 32.8 Å². The first-order valence-electron chi connectivity index (χ1n) is 6.89. The van der Waals surface area contributed by atoms with Crippen molar-refractivity contribution in [1.29, 1.82) is 0 Å². The highest BCUT2D eigenvalue weighted by Crippen LogP contribution is 2.24. The molecule has 0 bridgehead atoms. The summed E-state index contributed by atoms with van der Waals surface area (Å²) in [5.74, 6) is 0. The van der Waals surface area contributed by atoms with Crippen LogP contribution < -0.4 is 0 Å². The van der Waals surface area contributed by atoms with Crippen LogP contribution in [0.4, 0.5) is 0 Å². The summed E-state index contributed by atoms with van der Waals surface area (Å²) in [6.07, 6.45) is 2.01. The number of aliphatic hydroxyl groups is 2. The molecule has 1 aliphatic heterocycles. The van der Waals surface area contributed by atoms with E-state index >= 15 is 0 Å². The molecule has 0 radical (unpaired) electrons. The van der Waals surface area contributed by atoms with E-state index in [1.54, 1.807) is 0 Å². The molecule has 4 nitrogen and oxygen atoms in total. The Labute approximate surface area is 105 Å². The summed E-state index contributed by atoms with van der Waals surface area (Å²) in [5, 5.41) is 18.8. The quantitative estimate of drug-likeness (QED) is 0.686. The van der Waals surface area contributed by atoms with Crippen LogP contribution in [0.1, 0.15) is 33.6 Å². The molecule has 0 aliphatic carbocycles. The average Bonchev–Trinajstić information content (AvgIpc) is 2.72. The van der Waals surface area contributed by atoms with E-state index in [0.717, 1.165) is 32.5 Å². The van der Waals surface area contributed by atoms with Crippen LogP contribution in [0.25, 0.3) is 0 Å². The molecule has 17 heavy (non-hydrogen) atoms. The molecule has 102 valence electrons. The molecule has 1 unspecified atom stereocenters. The first-order valence-corrected chi connectivity index (χ1v) is 6.89. The summed E-state index contributed by atoms with van der Waals surface area (Å²) in [4.78, 5) is 4.71. The van der Waals surface area contributed by atoms with Crippen molar-refractivity contribution in [2.45, 2.75) is 51.7 Å². The van der Waals surface area contributed by atoms with E-state index in [0.29, 0.717) is 6.04 Å². The molecule has 0 saturated carbocycles. The molecule has 2 N–H and O–H groups in total. The fourth-order valence-electron chi connectivity index (χ4n) is 2.97. The van der Waals surface area contributed by atoms with Crippen LogP contribution in [0.2, 0.25) is 0 Å². The van der Waals surface area contributed by atoms with Gasteiger partial charge in [0, 0.05) is 24.7 Å². The van der Waals surface area contributed by atoms with Gasteiger partial charge in [-0.1, -0.05) is 13.8 Å². The van der Waals surface area contributed by atoms with Crippen molar-refractivity contribution in [1.82, 2.24) is 9.80 Å². The van der Waals surface area contributed by atoms with E-state index in [1.165, 1.54) is 0 Å². The number of likely N-dealkylation sites (N-methyl/N-ethyl adjacent to an activating group) is 1. The maximum atomic E-state index is 9.38. The van der Waals surface area contributed by atoms with E-state index in [4.69, 9.17) is 0 Å². The summed E-state index contributed by atoms with van der Waals surface area (Å²) in [6.45, 7) is 10.1. The third-order valence-corrected chi connectivity index (χ3v) is 4.10. The second kappa shape index (κ2) is 7.31. The van der Waals surface area contributed by atoms with Crippen LogP contribution in [-0.4, -0.2) is 71.0 Å². The van der Waals surface area contributed by atoms with Crippen LogP contribution in [0, 0.1) is 0 Å². The fraction of sp³-hybridized carbons (Fsp3) is 1.00. The molecule has 0 aromatic carbocycles. The minimum Gasteiger partial charge on any atom is -0.395 e. The van der Waals surface area contributed by atoms with Crippen LogP contribution in [-0.2, 0) is 0 Å². The van der Waals surface area contributed by atoms with Crippen molar-refractivity contribution >= 4 is 0 Å². The summed E-state index contributed by atoms with van der Waals surface area (Å²) in [6, 6.07) is 0.960. The molecule has 3 atom stereocenters. The molecule has 1 aliphatic rings. The van der Waals surface area contributed by atoms with Crippen molar-refractivity contribution in [2.24, 2.45) is 0 Å². The molecule has 1 rings (SSSR count). The Kier molecular flexibility index (Phi) is 6.41. The van der Waals surface area contributed by atoms with Gasteiger partial charge in [0.1, 0.15) is 0 Å². The summed E-state index contributed by atoms with van der Waals surface area (Å²) in [7, 11) is 0. The van der Waals surface area contributed by atoms with Crippen LogP contribution in [0.3, 0.4) is 0 Å². The first kappa shape index (κ1) is 14.9. The van der Waals surface area contributed by atoms with Crippen molar-refractivity contribution in [3.63, 3.8) is 0 Å². The second-order valence-corrected chi connectivity index (χ2v) is 5.02. The number of aliphatic hydroxyl groups excluding tert-OH is 2. The van der Waals surface area contributed by atoms with Crippen molar-refractivity contribution in [3.8, 4) is 0 Å². The van der Waals surface area contributed by atoms with Gasteiger partial charge >= 0.3 is 0 Å². The van der Waals surface area contributed by atoms with Crippen LogP contribution >= 0.6 is 0 Å². The van der Waals surface area contributed by atoms with E-state index in [1.807, 2.05) is 0 Å². The lowest BCUT2D eigenvalue weighted by Gasteiger charge is -2.35. The van der Waals surface area contributed by atoms with Crippen molar-refractivity contribution < 1.29 is 10.2 Å². The maximum absolute atomic E-state index is 9.38. The van der Waals surface area contributed by atoms with E-state index < -0.39 is 0 Å². The third kappa shape index (κ3) is 3.65. The minimum absolute atomic E-state index is 0.210. The number of hydrogen-bond acceptors (Lipinski definition) is 4. The van der Waals surface area contributed by atoms with Gasteiger partial charge in [-0.3, -0.25) is 9.80 Å². The molecular weight excluding hydrogens is 216 g/mol. The number of hydrogen-bond donors (Lipinski definition) is 2. The highest BCUT2D eigenvalue weighted by Gasteiger charge is 2.33. The summed E-state index contributed by atoms with van der Waals surface area (Å²) < 4.78 is 0. The predicted molar refractivity (Wildman–Crippen MR) is 70.1 cm³/mol. The zero-order chi connectivity index (χ0) is 12.8. The standard InChI is InChI=1S/C13H28N2O2/c1-4-14(5-2)11(3)8-15-12(9-16)6-7-13(15)10-17/h11-13,16-17H,4-10H2,1-3H3/t11?,12-,13-/m1/s1. The van der Waals surface area contributed by atoms with Crippen LogP contribution in [0.15, 0.2) is 0 Å². The molecule has 4 heteroatoms. The Hall–Kier alpha value is -0.160. The van der Waals surface area contributed by atoms with Gasteiger partial charge in [0.05, 0.1) is 13.2 Å². The largest absolute Gasteiger partial charge is 0.395 e. The molecule has 0 aromatic heterocycles. The molecule has 1 fully saturated rings. The lowest BCUT2D eigenvalue weighted by atomic mass is 10.2. The van der Waals surface area contributed by atoms with Crippen LogP contribution in [0.5, 0.6) is 0 Å². The van der Waals surface area contributed by atoms with Gasteiger partial charge in [-0.25, -0.2) is 0 Å². The third-order valence-electron chi connectivity index (χ3n) is 4.10. The van der Waals surface area contributed by atoms with Gasteiger partial charge in [0.2, 0.25) is 0 Å². The SMILES string of the molecule is CCN(CC)C(C)CN1[C@@H](CO)CC[C@@H]1CO. The normalized spacial score (nSPS) is 27.9. The van der Waals surface area contributed by atoms with Gasteiger partial charge < -0.3 is 10.2 Å². The molecule has 0 spiro atoms. The highest BCUT2D eigenvalue weighted by atomic mass is 16.3. The predicted octanol–water partition coefficient (Wildman–Crippen LogP) is 0.534. The highest BCUT2D eigenvalue weighted by molar-refractivity contribution is 4.89. The second-order valence-electron chi connectivity index (χ2n) is 5.02. The van der Waals surface area contributed by atoms with Gasteiger partial charge in [-0.05, 0) is 32.9 Å². The molecule has 0 amide bonds. The lowest BCUT2D eigenvalue weighted by molar-refractivity contribution is 0.0677. The van der Waals surface area contributed by atoms with Gasteiger partial charge in [-0.15, -0.1) is 0 Å². The molecular formula is C13H28N2O2. The number of nitrogens with zero attached hydrogens (tertiary/aromatic N) is 2. The Morgan fingerprint density at radius 2 is 1.59 bits per heavy atom. The zero-order valence-electron chi connectivity index (χ0n) is 11.5. The Morgan fingerprint density at radius 3 is 1.94 bits per heavy atom. The van der Waals surface area contributed by atoms with E-state index in [2.05, 4.69) is 30.6 Å². The monoisotopic (exact) mass is 244 g/mol. The summed E-state index contributed by atoms with van der Waals surface area (Å²) in [5.41, 5.74) is 0. The topological polar surface area (TPSA) is 46.9 Å². The Morgan fingerprint density at radius 1 is 1.12 bits per heavy atom. The molecule has 1 saturated heterocycles. The first-order chi connectivity index (χ1) is 8.17. The van der Waals surface area contributed by atoms with Crippen molar-refractivity contribution in [3.05, 3.63) is 0 Å². The number of rotatable bonds is 7. The van der Waals surface area contributed by atoms with Gasteiger partial charge in [0.15, 0.2) is 0 Å². The maximum Gasteiger partial charge on any atom is 0.0587 e. The Balaban J connectivity index is 2.56. The lowest BCUT2D eigenvalue weighted by Crippen LogP contribution is -2.48. The molecule has 0 aromatic rings. The molecule has 1 heterocycles. The fourth-order valence-corrected chi connectivity index (χ4v) is 2.97. The zero-order valence-corrected chi connectivity index (χ0v) is 11.5. The van der Waals surface area contributed by atoms with Gasteiger partial charge in [-0.2, -0.15) is 0 Å². The Bertz CT molecular complexity index is 198. The average molecular weight is 244 g/mol. The minimum atomic E-state index is 0.210. The van der Waals surface area contributed by atoms with E-state index in [-0.39, 0.29) is 25.3 Å². The van der Waals surface area contributed by atoms with Gasteiger partial charge in [0.25, 0.3) is 0 Å².